The lowest BCUT2D eigenvalue weighted by Gasteiger charge is -2.56. The summed E-state index contributed by atoms with van der Waals surface area (Å²) in [5.41, 5.74) is 0. The third-order valence-corrected chi connectivity index (χ3v) is 2.59. The molecule has 0 spiro atoms. The van der Waals surface area contributed by atoms with E-state index in [1.165, 1.54) is 28.4 Å². The van der Waals surface area contributed by atoms with Gasteiger partial charge in [0, 0.05) is 28.4 Å². The molecule has 1 saturated heterocycles. The van der Waals surface area contributed by atoms with Gasteiger partial charge in [0.25, 0.3) is 5.79 Å². The number of methoxy groups -OCH3 is 4. The lowest BCUT2D eigenvalue weighted by molar-refractivity contribution is -0.574. The van der Waals surface area contributed by atoms with E-state index in [-0.39, 0.29) is 6.10 Å². The van der Waals surface area contributed by atoms with Gasteiger partial charge in [0.2, 0.25) is 0 Å². The molecule has 88 valence electrons. The second kappa shape index (κ2) is 4.59. The van der Waals surface area contributed by atoms with Crippen molar-refractivity contribution in [3.63, 3.8) is 0 Å². The van der Waals surface area contributed by atoms with Crippen molar-refractivity contribution in [3.8, 4) is 0 Å². The fourth-order valence-electron chi connectivity index (χ4n) is 1.81. The van der Waals surface area contributed by atoms with Crippen molar-refractivity contribution in [3.05, 3.63) is 12.2 Å². The van der Waals surface area contributed by atoms with E-state index in [2.05, 4.69) is 0 Å². The Morgan fingerprint density at radius 2 is 1.53 bits per heavy atom. The van der Waals surface area contributed by atoms with Crippen LogP contribution in [0.25, 0.3) is 0 Å². The summed E-state index contributed by atoms with van der Waals surface area (Å²) in [6.07, 6.45) is 3.33. The molecule has 0 unspecified atom stereocenters. The normalized spacial score (nSPS) is 27.9. The average molecular weight is 218 g/mol. The number of rotatable bonds is 5. The van der Waals surface area contributed by atoms with Gasteiger partial charge in [-0.15, -0.1) is 0 Å². The van der Waals surface area contributed by atoms with Crippen LogP contribution in [0, 0.1) is 0 Å². The van der Waals surface area contributed by atoms with E-state index in [0.717, 1.165) is 0 Å². The fraction of sp³-hybridized carbons (Fsp3) is 0.800. The molecular formula is C10H18O5. The summed E-state index contributed by atoms with van der Waals surface area (Å²) in [5, 5.41) is 0. The van der Waals surface area contributed by atoms with Crippen molar-refractivity contribution in [1.82, 2.24) is 0 Å². The SMILES string of the molecule is C/C=C/[C@H]1OC(OC)(OC)C1(OC)OC. The zero-order chi connectivity index (χ0) is 11.5. The molecule has 0 aromatic carbocycles. The highest BCUT2D eigenvalue weighted by Gasteiger charge is 2.72. The summed E-state index contributed by atoms with van der Waals surface area (Å²) in [7, 11) is 6.00. The maximum Gasteiger partial charge on any atom is 0.344 e. The largest absolute Gasteiger partial charge is 0.344 e. The highest BCUT2D eigenvalue weighted by Crippen LogP contribution is 2.47. The monoisotopic (exact) mass is 218 g/mol. The van der Waals surface area contributed by atoms with Crippen molar-refractivity contribution in [2.45, 2.75) is 24.8 Å². The lowest BCUT2D eigenvalue weighted by atomic mass is 9.99. The van der Waals surface area contributed by atoms with E-state index in [1.807, 2.05) is 19.1 Å². The van der Waals surface area contributed by atoms with Crippen molar-refractivity contribution in [2.24, 2.45) is 0 Å². The molecule has 1 aliphatic rings. The first-order valence-corrected chi connectivity index (χ1v) is 4.67. The minimum atomic E-state index is -1.30. The predicted molar refractivity (Wildman–Crippen MR) is 53.2 cm³/mol. The van der Waals surface area contributed by atoms with E-state index >= 15 is 0 Å². The molecule has 15 heavy (non-hydrogen) atoms. The zero-order valence-corrected chi connectivity index (χ0v) is 9.77. The van der Waals surface area contributed by atoms with Gasteiger partial charge in [0.05, 0.1) is 0 Å². The molecule has 0 radical (unpaired) electrons. The Kier molecular flexibility index (Phi) is 3.86. The molecule has 1 fully saturated rings. The Hall–Kier alpha value is -0.460. The van der Waals surface area contributed by atoms with Crippen molar-refractivity contribution in [1.29, 1.82) is 0 Å². The summed E-state index contributed by atoms with van der Waals surface area (Å²) < 4.78 is 26.5. The van der Waals surface area contributed by atoms with Crippen LogP contribution in [0.1, 0.15) is 6.92 Å². The Balaban J connectivity index is 2.97. The molecule has 1 atom stereocenters. The molecule has 0 bridgehead atoms. The van der Waals surface area contributed by atoms with Crippen LogP contribution in [0.5, 0.6) is 0 Å². The topological polar surface area (TPSA) is 46.2 Å². The minimum absolute atomic E-state index is 0.350. The Morgan fingerprint density at radius 3 is 1.87 bits per heavy atom. The van der Waals surface area contributed by atoms with E-state index in [9.17, 15) is 0 Å². The van der Waals surface area contributed by atoms with Gasteiger partial charge in [-0.1, -0.05) is 12.2 Å². The molecule has 0 N–H and O–H groups in total. The summed E-state index contributed by atoms with van der Waals surface area (Å²) in [6.45, 7) is 1.89. The van der Waals surface area contributed by atoms with E-state index in [4.69, 9.17) is 23.7 Å². The lowest BCUT2D eigenvalue weighted by Crippen LogP contribution is -2.77. The van der Waals surface area contributed by atoms with Crippen LogP contribution in [0.4, 0.5) is 0 Å². The van der Waals surface area contributed by atoms with Crippen molar-refractivity contribution < 1.29 is 23.7 Å². The first kappa shape index (κ1) is 12.6. The van der Waals surface area contributed by atoms with Crippen molar-refractivity contribution in [2.75, 3.05) is 28.4 Å². The van der Waals surface area contributed by atoms with Crippen LogP contribution in [0.15, 0.2) is 12.2 Å². The van der Waals surface area contributed by atoms with Gasteiger partial charge in [-0.25, -0.2) is 0 Å². The van der Waals surface area contributed by atoms with E-state index in [0.29, 0.717) is 0 Å². The van der Waals surface area contributed by atoms with Crippen LogP contribution < -0.4 is 0 Å². The molecule has 1 aliphatic heterocycles. The standard InChI is InChI=1S/C10H18O5/c1-6-7-8-9(11-2,12-3)10(13-4,14-5)15-8/h6-8H,1-5H3/b7-6+/t8-/m1/s1. The smallest absolute Gasteiger partial charge is 0.344 e. The molecule has 0 amide bonds. The van der Waals surface area contributed by atoms with Gasteiger partial charge in [-0.05, 0) is 6.92 Å². The molecule has 0 saturated carbocycles. The van der Waals surface area contributed by atoms with Gasteiger partial charge in [0.15, 0.2) is 0 Å². The van der Waals surface area contributed by atoms with Gasteiger partial charge in [0.1, 0.15) is 6.10 Å². The molecule has 0 aliphatic carbocycles. The molecule has 5 heteroatoms. The van der Waals surface area contributed by atoms with E-state index in [1.54, 1.807) is 0 Å². The van der Waals surface area contributed by atoms with Gasteiger partial charge in [-0.3, -0.25) is 0 Å². The summed E-state index contributed by atoms with van der Waals surface area (Å²) in [4.78, 5) is 0. The first-order valence-electron chi connectivity index (χ1n) is 4.67. The highest BCUT2D eigenvalue weighted by molar-refractivity contribution is 5.09. The number of hydrogen-bond donors (Lipinski definition) is 0. The number of hydrogen-bond acceptors (Lipinski definition) is 5. The molecular weight excluding hydrogens is 200 g/mol. The minimum Gasteiger partial charge on any atom is -0.344 e. The highest BCUT2D eigenvalue weighted by atomic mass is 16.9. The predicted octanol–water partition coefficient (Wildman–Crippen LogP) is 0.897. The van der Waals surface area contributed by atoms with Gasteiger partial charge < -0.3 is 23.7 Å². The third kappa shape index (κ3) is 1.51. The molecule has 1 rings (SSSR count). The number of ether oxygens (including phenoxy) is 5. The average Bonchev–Trinajstić information content (AvgIpc) is 2.26. The van der Waals surface area contributed by atoms with Crippen molar-refractivity contribution >= 4 is 0 Å². The Labute approximate surface area is 89.9 Å². The fourth-order valence-corrected chi connectivity index (χ4v) is 1.81. The zero-order valence-electron chi connectivity index (χ0n) is 9.77. The Morgan fingerprint density at radius 1 is 1.00 bits per heavy atom. The van der Waals surface area contributed by atoms with Crippen LogP contribution in [-0.4, -0.2) is 46.3 Å². The maximum atomic E-state index is 5.48. The second-order valence-corrected chi connectivity index (χ2v) is 3.10. The van der Waals surface area contributed by atoms with Gasteiger partial charge in [-0.2, -0.15) is 0 Å². The first-order chi connectivity index (χ1) is 7.16. The van der Waals surface area contributed by atoms with Crippen LogP contribution in [0.2, 0.25) is 0 Å². The second-order valence-electron chi connectivity index (χ2n) is 3.10. The van der Waals surface area contributed by atoms with Crippen LogP contribution in [0.3, 0.4) is 0 Å². The van der Waals surface area contributed by atoms with Crippen LogP contribution in [-0.2, 0) is 23.7 Å². The number of allylic oxidation sites excluding steroid dienone is 1. The molecule has 0 aromatic rings. The summed E-state index contributed by atoms with van der Waals surface area (Å²) in [6, 6.07) is 0. The molecule has 1 heterocycles. The Bertz CT molecular complexity index is 230. The van der Waals surface area contributed by atoms with E-state index < -0.39 is 11.8 Å². The van der Waals surface area contributed by atoms with Crippen LogP contribution >= 0.6 is 0 Å². The summed E-state index contributed by atoms with van der Waals surface area (Å²) >= 11 is 0. The maximum absolute atomic E-state index is 5.48. The quantitative estimate of drug-likeness (QED) is 0.506. The third-order valence-electron chi connectivity index (χ3n) is 2.59. The summed E-state index contributed by atoms with van der Waals surface area (Å²) in [5.74, 6) is -2.37. The van der Waals surface area contributed by atoms with Gasteiger partial charge >= 0.3 is 5.97 Å². The molecule has 0 aromatic heterocycles. The molecule has 5 nitrogen and oxygen atoms in total.